The van der Waals surface area contributed by atoms with Gasteiger partial charge in [-0.05, 0) is 22.9 Å². The minimum atomic E-state index is -4.09. The first kappa shape index (κ1) is 16.1. The minimum absolute atomic E-state index is 0.0730. The minimum Gasteiger partial charge on any atom is -0.383 e. The van der Waals surface area contributed by atoms with Gasteiger partial charge in [0.2, 0.25) is 5.91 Å². The van der Waals surface area contributed by atoms with Gasteiger partial charge in [-0.3, -0.25) is 19.5 Å². The molecule has 2 amide bonds. The molecule has 7 nitrogen and oxygen atoms in total. The molecular formula is C14H13NO6S. The number of amides is 2. The van der Waals surface area contributed by atoms with Gasteiger partial charge < -0.3 is 5.11 Å². The molecule has 0 aliphatic carbocycles. The molecule has 1 aliphatic rings. The van der Waals surface area contributed by atoms with Crippen molar-refractivity contribution in [3.05, 3.63) is 42.5 Å². The van der Waals surface area contributed by atoms with Crippen LogP contribution >= 0.6 is 0 Å². The summed E-state index contributed by atoms with van der Waals surface area (Å²) >= 11 is 0. The van der Waals surface area contributed by atoms with Crippen molar-refractivity contribution in [1.82, 2.24) is 5.32 Å². The van der Waals surface area contributed by atoms with E-state index in [1.54, 1.807) is 12.1 Å². The van der Waals surface area contributed by atoms with Gasteiger partial charge in [-0.25, -0.2) is 0 Å². The molecule has 1 aliphatic heterocycles. The van der Waals surface area contributed by atoms with Crippen LogP contribution in [0.25, 0.3) is 10.8 Å². The summed E-state index contributed by atoms with van der Waals surface area (Å²) in [5, 5.41) is 12.2. The van der Waals surface area contributed by atoms with Crippen molar-refractivity contribution in [2.75, 3.05) is 0 Å². The van der Waals surface area contributed by atoms with Gasteiger partial charge in [0.15, 0.2) is 0 Å². The Labute approximate surface area is 126 Å². The van der Waals surface area contributed by atoms with Crippen LogP contribution in [0.15, 0.2) is 47.4 Å². The van der Waals surface area contributed by atoms with Gasteiger partial charge in [-0.2, -0.15) is 8.42 Å². The molecule has 3 rings (SSSR count). The predicted octanol–water partition coefficient (Wildman–Crippen LogP) is 0.480. The van der Waals surface area contributed by atoms with E-state index in [9.17, 15) is 18.0 Å². The standard InChI is InChI=1S/C10H8O3S.C4H5NO3/c11-14(12,13)10-6-5-8-3-1-2-4-9(8)7-10;6-2-1-3(7)5-4(2)8/h1-7H,(H,11,12,13);2,6H,1H2,(H,5,7,8). The third-order valence-electron chi connectivity index (χ3n) is 2.96. The largest absolute Gasteiger partial charge is 0.383 e. The summed E-state index contributed by atoms with van der Waals surface area (Å²) in [6, 6.07) is 11.9. The lowest BCUT2D eigenvalue weighted by molar-refractivity contribution is -0.127. The highest BCUT2D eigenvalue weighted by Gasteiger charge is 2.27. The first-order valence-electron chi connectivity index (χ1n) is 6.25. The Hall–Kier alpha value is -2.29. The van der Waals surface area contributed by atoms with E-state index < -0.39 is 28.0 Å². The summed E-state index contributed by atoms with van der Waals surface area (Å²) in [6.45, 7) is 0. The van der Waals surface area contributed by atoms with Crippen molar-refractivity contribution in [2.24, 2.45) is 0 Å². The molecule has 0 aromatic heterocycles. The first-order chi connectivity index (χ1) is 10.3. The second-order valence-corrected chi connectivity index (χ2v) is 6.04. The lowest BCUT2D eigenvalue weighted by atomic mass is 10.1. The van der Waals surface area contributed by atoms with Crippen LogP contribution in [0.1, 0.15) is 6.42 Å². The summed E-state index contributed by atoms with van der Waals surface area (Å²) in [5.41, 5.74) is 0. The van der Waals surface area contributed by atoms with Gasteiger partial charge in [-0.1, -0.05) is 30.3 Å². The number of aliphatic hydroxyl groups excluding tert-OH is 1. The molecule has 0 radical (unpaired) electrons. The highest BCUT2D eigenvalue weighted by Crippen LogP contribution is 2.18. The number of carbonyl (C=O) groups is 2. The number of aliphatic hydroxyl groups is 1. The van der Waals surface area contributed by atoms with Crippen molar-refractivity contribution < 1.29 is 27.7 Å². The first-order valence-corrected chi connectivity index (χ1v) is 7.69. The van der Waals surface area contributed by atoms with E-state index in [-0.39, 0.29) is 11.3 Å². The maximum atomic E-state index is 10.8. The fourth-order valence-corrected chi connectivity index (χ4v) is 2.38. The molecule has 0 bridgehead atoms. The normalized spacial score (nSPS) is 17.8. The molecule has 1 saturated heterocycles. The number of benzene rings is 2. The Bertz CT molecular complexity index is 830. The smallest absolute Gasteiger partial charge is 0.294 e. The highest BCUT2D eigenvalue weighted by molar-refractivity contribution is 7.85. The van der Waals surface area contributed by atoms with Gasteiger partial charge in [0.1, 0.15) is 6.10 Å². The zero-order valence-electron chi connectivity index (χ0n) is 11.3. The zero-order chi connectivity index (χ0) is 16.3. The van der Waals surface area contributed by atoms with Gasteiger partial charge in [0.25, 0.3) is 16.0 Å². The SMILES string of the molecule is O=C1CC(O)C(=O)N1.O=S(=O)(O)c1ccc2ccccc2c1. The Balaban J connectivity index is 0.000000188. The van der Waals surface area contributed by atoms with E-state index in [0.29, 0.717) is 0 Å². The maximum Gasteiger partial charge on any atom is 0.294 e. The van der Waals surface area contributed by atoms with E-state index in [2.05, 4.69) is 0 Å². The lowest BCUT2D eigenvalue weighted by Gasteiger charge is -1.99. The summed E-state index contributed by atoms with van der Waals surface area (Å²) in [6.07, 6.45) is -1.19. The molecule has 116 valence electrons. The number of carbonyl (C=O) groups excluding carboxylic acids is 2. The van der Waals surface area contributed by atoms with Crippen LogP contribution in [0, 0.1) is 0 Å². The van der Waals surface area contributed by atoms with Crippen LogP contribution in [0.5, 0.6) is 0 Å². The second kappa shape index (κ2) is 6.22. The van der Waals surface area contributed by atoms with Crippen molar-refractivity contribution >= 4 is 32.7 Å². The second-order valence-electron chi connectivity index (χ2n) is 4.62. The van der Waals surface area contributed by atoms with Crippen LogP contribution in [0.2, 0.25) is 0 Å². The van der Waals surface area contributed by atoms with E-state index in [1.807, 2.05) is 23.5 Å². The molecule has 2 aromatic rings. The third-order valence-corrected chi connectivity index (χ3v) is 3.81. The Kier molecular flexibility index (Phi) is 4.55. The van der Waals surface area contributed by atoms with Crippen LogP contribution in [-0.2, 0) is 19.7 Å². The summed E-state index contributed by atoms with van der Waals surface area (Å²) in [5.74, 6) is -0.988. The molecule has 1 fully saturated rings. The fourth-order valence-electron chi connectivity index (χ4n) is 1.87. The van der Waals surface area contributed by atoms with Crippen LogP contribution < -0.4 is 5.32 Å². The van der Waals surface area contributed by atoms with Gasteiger partial charge >= 0.3 is 0 Å². The molecule has 0 spiro atoms. The zero-order valence-corrected chi connectivity index (χ0v) is 12.1. The number of imide groups is 1. The van der Waals surface area contributed by atoms with Crippen LogP contribution in [0.3, 0.4) is 0 Å². The van der Waals surface area contributed by atoms with Gasteiger partial charge in [-0.15, -0.1) is 0 Å². The van der Waals surface area contributed by atoms with Crippen LogP contribution in [0.4, 0.5) is 0 Å². The summed E-state index contributed by atoms with van der Waals surface area (Å²) in [4.78, 5) is 20.3. The van der Waals surface area contributed by atoms with Crippen molar-refractivity contribution in [3.63, 3.8) is 0 Å². The molecule has 1 heterocycles. The topological polar surface area (TPSA) is 121 Å². The number of fused-ring (bicyclic) bond motifs is 1. The average Bonchev–Trinajstić information content (AvgIpc) is 2.74. The number of hydrogen-bond acceptors (Lipinski definition) is 5. The van der Waals surface area contributed by atoms with Crippen LogP contribution in [-0.4, -0.2) is 36.0 Å². The van der Waals surface area contributed by atoms with E-state index in [4.69, 9.17) is 9.66 Å². The summed E-state index contributed by atoms with van der Waals surface area (Å²) in [7, 11) is -4.09. The molecule has 1 atom stereocenters. The van der Waals surface area contributed by atoms with Crippen molar-refractivity contribution in [3.8, 4) is 0 Å². The quantitative estimate of drug-likeness (QED) is 0.518. The Morgan fingerprint density at radius 1 is 1.05 bits per heavy atom. The van der Waals surface area contributed by atoms with Crippen molar-refractivity contribution in [1.29, 1.82) is 0 Å². The van der Waals surface area contributed by atoms with E-state index >= 15 is 0 Å². The number of rotatable bonds is 1. The van der Waals surface area contributed by atoms with Gasteiger partial charge in [0, 0.05) is 0 Å². The lowest BCUT2D eigenvalue weighted by Crippen LogP contribution is -2.24. The predicted molar refractivity (Wildman–Crippen MR) is 77.5 cm³/mol. The van der Waals surface area contributed by atoms with E-state index in [0.717, 1.165) is 10.8 Å². The van der Waals surface area contributed by atoms with Gasteiger partial charge in [0.05, 0.1) is 11.3 Å². The number of hydrogen-bond donors (Lipinski definition) is 3. The Morgan fingerprint density at radius 3 is 2.14 bits per heavy atom. The Morgan fingerprint density at radius 2 is 1.68 bits per heavy atom. The molecule has 0 saturated carbocycles. The van der Waals surface area contributed by atoms with Crippen molar-refractivity contribution in [2.45, 2.75) is 17.4 Å². The molecule has 3 N–H and O–H groups in total. The number of nitrogens with one attached hydrogen (secondary N) is 1. The summed E-state index contributed by atoms with van der Waals surface area (Å²) < 4.78 is 30.5. The fraction of sp³-hybridized carbons (Fsp3) is 0.143. The third kappa shape index (κ3) is 3.88. The molecule has 8 heteroatoms. The van der Waals surface area contributed by atoms with E-state index in [1.165, 1.54) is 12.1 Å². The molecular weight excluding hydrogens is 310 g/mol. The highest BCUT2D eigenvalue weighted by atomic mass is 32.2. The molecule has 1 unspecified atom stereocenters. The maximum absolute atomic E-state index is 10.8. The monoisotopic (exact) mass is 323 g/mol. The molecule has 2 aromatic carbocycles. The molecule has 22 heavy (non-hydrogen) atoms. The average molecular weight is 323 g/mol.